The molecule has 0 N–H and O–H groups in total. The van der Waals surface area contributed by atoms with E-state index in [1.54, 1.807) is 17.3 Å². The number of carbonyl (C=O) groups excluding carboxylic acids is 2. The van der Waals surface area contributed by atoms with Crippen molar-refractivity contribution in [2.45, 2.75) is 13.0 Å². The van der Waals surface area contributed by atoms with Crippen LogP contribution in [0.1, 0.15) is 12.0 Å². The van der Waals surface area contributed by atoms with E-state index in [1.165, 1.54) is 0 Å². The number of carbonyl (C=O) groups is 2. The Balaban J connectivity index is 2.02. The molecule has 84 valence electrons. The molecule has 0 aromatic carbocycles. The molecule has 2 heterocycles. The van der Waals surface area contributed by atoms with Crippen molar-refractivity contribution in [3.05, 3.63) is 30.1 Å². The molecule has 0 radical (unpaired) electrons. The maximum Gasteiger partial charge on any atom is 0.227 e. The molecule has 0 aliphatic carbocycles. The van der Waals surface area contributed by atoms with Gasteiger partial charge in [0.1, 0.15) is 0 Å². The van der Waals surface area contributed by atoms with Crippen molar-refractivity contribution in [3.63, 3.8) is 0 Å². The second kappa shape index (κ2) is 4.61. The summed E-state index contributed by atoms with van der Waals surface area (Å²) in [5, 5.41) is -0.429. The molecule has 1 saturated heterocycles. The van der Waals surface area contributed by atoms with Gasteiger partial charge in [0.15, 0.2) is 0 Å². The van der Waals surface area contributed by atoms with Gasteiger partial charge in [0.05, 0.1) is 5.92 Å². The molecular weight excluding hydrogens is 228 g/mol. The Morgan fingerprint density at radius 3 is 3.00 bits per heavy atom. The average Bonchev–Trinajstić information content (AvgIpc) is 2.62. The third kappa shape index (κ3) is 2.39. The van der Waals surface area contributed by atoms with Gasteiger partial charge in [-0.2, -0.15) is 0 Å². The number of likely N-dealkylation sites (tertiary alicyclic amines) is 1. The molecule has 2 rings (SSSR count). The Bertz CT molecular complexity index is 408. The lowest BCUT2D eigenvalue weighted by Crippen LogP contribution is -2.25. The third-order valence-electron chi connectivity index (χ3n) is 2.63. The van der Waals surface area contributed by atoms with E-state index in [9.17, 15) is 9.59 Å². The van der Waals surface area contributed by atoms with Gasteiger partial charge in [0, 0.05) is 31.9 Å². The van der Waals surface area contributed by atoms with Crippen LogP contribution < -0.4 is 0 Å². The standard InChI is InChI=1S/C11H11ClN2O2/c12-11(16)9-4-10(15)14(7-9)6-8-2-1-3-13-5-8/h1-3,5,9H,4,6-7H2. The van der Waals surface area contributed by atoms with E-state index in [1.807, 2.05) is 12.1 Å². The molecule has 1 fully saturated rings. The first-order valence-corrected chi connectivity index (χ1v) is 5.40. The Morgan fingerprint density at radius 1 is 1.62 bits per heavy atom. The minimum absolute atomic E-state index is 0.0251. The minimum Gasteiger partial charge on any atom is -0.338 e. The lowest BCUT2D eigenvalue weighted by atomic mass is 10.1. The topological polar surface area (TPSA) is 50.3 Å². The molecule has 16 heavy (non-hydrogen) atoms. The van der Waals surface area contributed by atoms with Crippen LogP contribution in [0.2, 0.25) is 0 Å². The highest BCUT2D eigenvalue weighted by Crippen LogP contribution is 2.21. The quantitative estimate of drug-likeness (QED) is 0.744. The maximum absolute atomic E-state index is 11.6. The number of amides is 1. The predicted molar refractivity (Wildman–Crippen MR) is 58.6 cm³/mol. The summed E-state index contributed by atoms with van der Waals surface area (Å²) < 4.78 is 0. The summed E-state index contributed by atoms with van der Waals surface area (Å²) in [6.07, 6.45) is 3.62. The molecule has 1 amide bonds. The molecule has 1 unspecified atom stereocenters. The predicted octanol–water partition coefficient (Wildman–Crippen LogP) is 1.20. The first kappa shape index (κ1) is 11.1. The number of halogens is 1. The number of nitrogens with zero attached hydrogens (tertiary/aromatic N) is 2. The number of hydrogen-bond donors (Lipinski definition) is 0. The van der Waals surface area contributed by atoms with Gasteiger partial charge < -0.3 is 4.90 Å². The molecular formula is C11H11ClN2O2. The summed E-state index contributed by atoms with van der Waals surface area (Å²) in [7, 11) is 0. The molecule has 1 atom stereocenters. The highest BCUT2D eigenvalue weighted by molar-refractivity contribution is 6.64. The minimum atomic E-state index is -0.429. The van der Waals surface area contributed by atoms with Gasteiger partial charge in [-0.25, -0.2) is 0 Å². The highest BCUT2D eigenvalue weighted by Gasteiger charge is 2.33. The lowest BCUT2D eigenvalue weighted by Gasteiger charge is -2.15. The van der Waals surface area contributed by atoms with Gasteiger partial charge in [-0.05, 0) is 23.2 Å². The van der Waals surface area contributed by atoms with Crippen molar-refractivity contribution in [1.29, 1.82) is 0 Å². The van der Waals surface area contributed by atoms with E-state index < -0.39 is 5.24 Å². The molecule has 5 heteroatoms. The highest BCUT2D eigenvalue weighted by atomic mass is 35.5. The second-order valence-corrected chi connectivity index (χ2v) is 4.21. The summed E-state index contributed by atoms with van der Waals surface area (Å²) in [4.78, 5) is 28.2. The van der Waals surface area contributed by atoms with E-state index in [0.717, 1.165) is 5.56 Å². The zero-order valence-electron chi connectivity index (χ0n) is 8.60. The third-order valence-corrected chi connectivity index (χ3v) is 2.94. The molecule has 1 aliphatic rings. The van der Waals surface area contributed by atoms with Crippen LogP contribution in [0.5, 0.6) is 0 Å². The smallest absolute Gasteiger partial charge is 0.227 e. The first-order chi connectivity index (χ1) is 7.66. The van der Waals surface area contributed by atoms with E-state index in [-0.39, 0.29) is 18.2 Å². The Kier molecular flexibility index (Phi) is 3.19. The second-order valence-electron chi connectivity index (χ2n) is 3.84. The van der Waals surface area contributed by atoms with Crippen molar-refractivity contribution < 1.29 is 9.59 Å². The van der Waals surface area contributed by atoms with E-state index in [0.29, 0.717) is 13.1 Å². The normalized spacial score (nSPS) is 20.2. The number of aromatic nitrogens is 1. The summed E-state index contributed by atoms with van der Waals surface area (Å²) >= 11 is 5.39. The van der Waals surface area contributed by atoms with Crippen LogP contribution in [-0.2, 0) is 16.1 Å². The molecule has 1 aromatic rings. The summed E-state index contributed by atoms with van der Waals surface area (Å²) in [6.45, 7) is 0.906. The molecule has 0 saturated carbocycles. The monoisotopic (exact) mass is 238 g/mol. The van der Waals surface area contributed by atoms with Gasteiger partial charge in [0.2, 0.25) is 11.1 Å². The fourth-order valence-corrected chi connectivity index (χ4v) is 1.94. The van der Waals surface area contributed by atoms with Crippen LogP contribution in [0, 0.1) is 5.92 Å². The van der Waals surface area contributed by atoms with E-state index in [2.05, 4.69) is 4.98 Å². The van der Waals surface area contributed by atoms with Crippen LogP contribution in [0.4, 0.5) is 0 Å². The summed E-state index contributed by atoms with van der Waals surface area (Å²) in [5.74, 6) is -0.381. The van der Waals surface area contributed by atoms with Gasteiger partial charge in [-0.15, -0.1) is 0 Å². The van der Waals surface area contributed by atoms with Crippen molar-refractivity contribution in [2.75, 3.05) is 6.54 Å². The van der Waals surface area contributed by atoms with E-state index >= 15 is 0 Å². The fourth-order valence-electron chi connectivity index (χ4n) is 1.79. The van der Waals surface area contributed by atoms with Crippen LogP contribution in [0.3, 0.4) is 0 Å². The SMILES string of the molecule is O=C(Cl)C1CC(=O)N(Cc2cccnc2)C1. The van der Waals surface area contributed by atoms with Crippen LogP contribution in [0.15, 0.2) is 24.5 Å². The maximum atomic E-state index is 11.6. The van der Waals surface area contributed by atoms with Crippen molar-refractivity contribution in [2.24, 2.45) is 5.92 Å². The van der Waals surface area contributed by atoms with Gasteiger partial charge in [-0.1, -0.05) is 6.07 Å². The zero-order chi connectivity index (χ0) is 11.5. The number of rotatable bonds is 3. The Hall–Kier alpha value is -1.42. The fraction of sp³-hybridized carbons (Fsp3) is 0.364. The van der Waals surface area contributed by atoms with Crippen molar-refractivity contribution in [1.82, 2.24) is 9.88 Å². The number of hydrogen-bond acceptors (Lipinski definition) is 3. The van der Waals surface area contributed by atoms with Crippen LogP contribution in [0.25, 0.3) is 0 Å². The zero-order valence-corrected chi connectivity index (χ0v) is 9.35. The number of pyridine rings is 1. The van der Waals surface area contributed by atoms with E-state index in [4.69, 9.17) is 11.6 Å². The molecule has 0 spiro atoms. The largest absolute Gasteiger partial charge is 0.338 e. The van der Waals surface area contributed by atoms with Gasteiger partial charge in [-0.3, -0.25) is 14.6 Å². The van der Waals surface area contributed by atoms with Gasteiger partial charge in [0.25, 0.3) is 0 Å². The molecule has 4 nitrogen and oxygen atoms in total. The van der Waals surface area contributed by atoms with Crippen LogP contribution >= 0.6 is 11.6 Å². The van der Waals surface area contributed by atoms with Crippen molar-refractivity contribution >= 4 is 22.8 Å². The molecule has 1 aliphatic heterocycles. The summed E-state index contributed by atoms with van der Waals surface area (Å²) in [6, 6.07) is 3.72. The molecule has 1 aromatic heterocycles. The Morgan fingerprint density at radius 2 is 2.44 bits per heavy atom. The van der Waals surface area contributed by atoms with Crippen molar-refractivity contribution in [3.8, 4) is 0 Å². The van der Waals surface area contributed by atoms with Crippen LogP contribution in [-0.4, -0.2) is 27.6 Å². The first-order valence-electron chi connectivity index (χ1n) is 5.03. The van der Waals surface area contributed by atoms with Gasteiger partial charge >= 0.3 is 0 Å². The molecule has 0 bridgehead atoms. The lowest BCUT2D eigenvalue weighted by molar-refractivity contribution is -0.128. The Labute approximate surface area is 98.2 Å². The summed E-state index contributed by atoms with van der Waals surface area (Å²) in [5.41, 5.74) is 0.957. The average molecular weight is 239 g/mol.